The van der Waals surface area contributed by atoms with E-state index < -0.39 is 15.7 Å². The number of rotatable bonds is 7. The summed E-state index contributed by atoms with van der Waals surface area (Å²) in [5.41, 5.74) is 2.46. The quantitative estimate of drug-likeness (QED) is 0.377. The SMILES string of the molecule is CCc1ccc(N(CC)C(=O)Cn2nc(-c3cc(C)ccc3S(=O)(=O)O)c3ccccc3c2=O)cc1. The van der Waals surface area contributed by atoms with Crippen LogP contribution >= 0.6 is 0 Å². The summed E-state index contributed by atoms with van der Waals surface area (Å²) in [6.45, 7) is 5.73. The number of hydrogen-bond donors (Lipinski definition) is 1. The zero-order chi connectivity index (χ0) is 26.0. The number of fused-ring (bicyclic) bond motifs is 1. The molecular formula is C27H27N3O5S. The van der Waals surface area contributed by atoms with E-state index >= 15 is 0 Å². The van der Waals surface area contributed by atoms with E-state index in [1.807, 2.05) is 31.2 Å². The molecule has 0 saturated heterocycles. The molecule has 0 aliphatic rings. The fraction of sp³-hybridized carbons (Fsp3) is 0.222. The van der Waals surface area contributed by atoms with Crippen LogP contribution in [0.4, 0.5) is 5.69 Å². The number of likely N-dealkylation sites (N-methyl/N-ethyl adjacent to an activating group) is 1. The first-order valence-corrected chi connectivity index (χ1v) is 13.1. The number of nitrogens with zero attached hydrogens (tertiary/aromatic N) is 3. The van der Waals surface area contributed by atoms with Gasteiger partial charge in [0.15, 0.2) is 0 Å². The number of aryl methyl sites for hydroxylation is 2. The molecule has 8 nitrogen and oxygen atoms in total. The summed E-state index contributed by atoms with van der Waals surface area (Å²) in [4.78, 5) is 27.8. The Bertz CT molecular complexity index is 1610. The van der Waals surface area contributed by atoms with Crippen LogP contribution in [0.1, 0.15) is 25.0 Å². The molecule has 0 unspecified atom stereocenters. The van der Waals surface area contributed by atoms with E-state index in [-0.39, 0.29) is 34.0 Å². The lowest BCUT2D eigenvalue weighted by Crippen LogP contribution is -2.37. The third-order valence-electron chi connectivity index (χ3n) is 6.09. The van der Waals surface area contributed by atoms with Crippen LogP contribution in [0.5, 0.6) is 0 Å². The van der Waals surface area contributed by atoms with Gasteiger partial charge < -0.3 is 4.90 Å². The van der Waals surface area contributed by atoms with Gasteiger partial charge in [-0.1, -0.05) is 48.9 Å². The summed E-state index contributed by atoms with van der Waals surface area (Å²) in [5.74, 6) is -0.336. The van der Waals surface area contributed by atoms with Gasteiger partial charge >= 0.3 is 0 Å². The topological polar surface area (TPSA) is 110 Å². The Morgan fingerprint density at radius 1 is 1.00 bits per heavy atom. The summed E-state index contributed by atoms with van der Waals surface area (Å²) in [5, 5.41) is 5.15. The monoisotopic (exact) mass is 505 g/mol. The molecule has 0 spiro atoms. The van der Waals surface area contributed by atoms with Crippen molar-refractivity contribution in [1.29, 1.82) is 0 Å². The van der Waals surface area contributed by atoms with Crippen molar-refractivity contribution in [2.45, 2.75) is 38.6 Å². The van der Waals surface area contributed by atoms with Gasteiger partial charge in [0.2, 0.25) is 5.91 Å². The molecule has 0 atom stereocenters. The minimum absolute atomic E-state index is 0.150. The number of anilines is 1. The summed E-state index contributed by atoms with van der Waals surface area (Å²) < 4.78 is 35.2. The van der Waals surface area contributed by atoms with Crippen molar-refractivity contribution < 1.29 is 17.8 Å². The number of carbonyl (C=O) groups is 1. The van der Waals surface area contributed by atoms with Crippen molar-refractivity contribution >= 4 is 32.5 Å². The lowest BCUT2D eigenvalue weighted by atomic mass is 10.0. The number of benzene rings is 3. The van der Waals surface area contributed by atoms with Crippen molar-refractivity contribution in [3.05, 3.63) is 88.2 Å². The zero-order valence-electron chi connectivity index (χ0n) is 20.3. The highest BCUT2D eigenvalue weighted by Crippen LogP contribution is 2.31. The molecule has 0 fully saturated rings. The molecule has 1 aromatic heterocycles. The number of amides is 1. The Morgan fingerprint density at radius 2 is 1.67 bits per heavy atom. The van der Waals surface area contributed by atoms with E-state index in [2.05, 4.69) is 12.0 Å². The maximum Gasteiger partial charge on any atom is 0.295 e. The average Bonchev–Trinajstić information content (AvgIpc) is 2.86. The first-order valence-electron chi connectivity index (χ1n) is 11.6. The highest BCUT2D eigenvalue weighted by Gasteiger charge is 2.23. The Kier molecular flexibility index (Phi) is 7.05. The predicted molar refractivity (Wildman–Crippen MR) is 140 cm³/mol. The molecule has 1 amide bonds. The summed E-state index contributed by atoms with van der Waals surface area (Å²) in [6.07, 6.45) is 0.879. The maximum absolute atomic E-state index is 13.3. The predicted octanol–water partition coefficient (Wildman–Crippen LogP) is 4.23. The maximum atomic E-state index is 13.3. The van der Waals surface area contributed by atoms with Crippen LogP contribution in [0.15, 0.2) is 76.4 Å². The van der Waals surface area contributed by atoms with Crippen LogP contribution in [0.3, 0.4) is 0 Å². The van der Waals surface area contributed by atoms with Crippen LogP contribution in [-0.4, -0.2) is 35.2 Å². The summed E-state index contributed by atoms with van der Waals surface area (Å²) in [7, 11) is -4.57. The van der Waals surface area contributed by atoms with Gasteiger partial charge in [-0.25, -0.2) is 4.68 Å². The van der Waals surface area contributed by atoms with E-state index in [4.69, 9.17) is 0 Å². The van der Waals surface area contributed by atoms with Crippen LogP contribution in [-0.2, 0) is 27.9 Å². The molecule has 4 rings (SSSR count). The molecule has 36 heavy (non-hydrogen) atoms. The minimum Gasteiger partial charge on any atom is -0.311 e. The molecule has 3 aromatic carbocycles. The standard InChI is InChI=1S/C27H27N3O5S/c1-4-19-11-13-20(14-12-19)29(5-2)25(31)17-30-27(32)22-9-7-6-8-21(22)26(28-30)23-16-18(3)10-15-24(23)36(33,34)35/h6-16H,4-5,17H2,1-3H3,(H,33,34,35). The third kappa shape index (κ3) is 4.93. The molecule has 0 saturated carbocycles. The fourth-order valence-corrected chi connectivity index (χ4v) is 4.90. The highest BCUT2D eigenvalue weighted by atomic mass is 32.2. The van der Waals surface area contributed by atoms with Crippen LogP contribution in [0.25, 0.3) is 22.0 Å². The van der Waals surface area contributed by atoms with Crippen LogP contribution in [0.2, 0.25) is 0 Å². The zero-order valence-corrected chi connectivity index (χ0v) is 21.1. The third-order valence-corrected chi connectivity index (χ3v) is 7.01. The summed E-state index contributed by atoms with van der Waals surface area (Å²) >= 11 is 0. The molecule has 1 heterocycles. The van der Waals surface area contributed by atoms with Crippen molar-refractivity contribution in [1.82, 2.24) is 9.78 Å². The van der Waals surface area contributed by atoms with Crippen molar-refractivity contribution in [2.24, 2.45) is 0 Å². The smallest absolute Gasteiger partial charge is 0.295 e. The Hall–Kier alpha value is -3.82. The van der Waals surface area contributed by atoms with Crippen molar-refractivity contribution in [3.8, 4) is 11.3 Å². The summed E-state index contributed by atoms with van der Waals surface area (Å²) in [6, 6.07) is 18.8. The van der Waals surface area contributed by atoms with E-state index in [1.165, 1.54) is 6.07 Å². The molecule has 9 heteroatoms. The molecule has 186 valence electrons. The Balaban J connectivity index is 1.86. The molecule has 0 radical (unpaired) electrons. The number of carbonyl (C=O) groups excluding carboxylic acids is 1. The Morgan fingerprint density at radius 3 is 2.28 bits per heavy atom. The lowest BCUT2D eigenvalue weighted by molar-refractivity contribution is -0.119. The van der Waals surface area contributed by atoms with Crippen molar-refractivity contribution in [2.75, 3.05) is 11.4 Å². The molecular weight excluding hydrogens is 478 g/mol. The van der Waals surface area contributed by atoms with Crippen molar-refractivity contribution in [3.63, 3.8) is 0 Å². The fourth-order valence-electron chi connectivity index (χ4n) is 4.22. The van der Waals surface area contributed by atoms with E-state index in [0.717, 1.165) is 22.2 Å². The number of aromatic nitrogens is 2. The highest BCUT2D eigenvalue weighted by molar-refractivity contribution is 7.86. The van der Waals surface area contributed by atoms with Crippen LogP contribution < -0.4 is 10.5 Å². The van der Waals surface area contributed by atoms with E-state index in [0.29, 0.717) is 17.6 Å². The second-order valence-corrected chi connectivity index (χ2v) is 9.88. The first kappa shape index (κ1) is 25.3. The van der Waals surface area contributed by atoms with E-state index in [1.54, 1.807) is 48.2 Å². The van der Waals surface area contributed by atoms with Gasteiger partial charge in [0.1, 0.15) is 17.1 Å². The molecule has 0 bridgehead atoms. The first-order chi connectivity index (χ1) is 17.1. The van der Waals surface area contributed by atoms with Crippen LogP contribution in [0, 0.1) is 6.92 Å². The second-order valence-electron chi connectivity index (χ2n) is 8.49. The van der Waals surface area contributed by atoms with Gasteiger partial charge in [0, 0.05) is 23.2 Å². The molecule has 0 aliphatic carbocycles. The molecule has 1 N–H and O–H groups in total. The van der Waals surface area contributed by atoms with Gasteiger partial charge in [0.25, 0.3) is 15.7 Å². The minimum atomic E-state index is -4.57. The average molecular weight is 506 g/mol. The number of hydrogen-bond acceptors (Lipinski definition) is 5. The largest absolute Gasteiger partial charge is 0.311 e. The lowest BCUT2D eigenvalue weighted by Gasteiger charge is -2.22. The normalized spacial score (nSPS) is 11.6. The van der Waals surface area contributed by atoms with E-state index in [9.17, 15) is 22.6 Å². The Labute approximate surface area is 209 Å². The van der Waals surface area contributed by atoms with Gasteiger partial charge in [-0.15, -0.1) is 0 Å². The molecule has 4 aromatic rings. The second kappa shape index (κ2) is 10.0. The van der Waals surface area contributed by atoms with Gasteiger partial charge in [0.05, 0.1) is 5.39 Å². The molecule has 0 aliphatic heterocycles. The van der Waals surface area contributed by atoms with Gasteiger partial charge in [-0.05, 0) is 56.2 Å². The van der Waals surface area contributed by atoms with Gasteiger partial charge in [-0.3, -0.25) is 14.1 Å². The van der Waals surface area contributed by atoms with Gasteiger partial charge in [-0.2, -0.15) is 13.5 Å².